The van der Waals surface area contributed by atoms with Gasteiger partial charge in [-0.1, -0.05) is 103 Å². The van der Waals surface area contributed by atoms with Crippen LogP contribution in [0.5, 0.6) is 0 Å². The van der Waals surface area contributed by atoms with Crippen molar-refractivity contribution in [2.45, 2.75) is 98.6 Å². The Kier molecular flexibility index (Phi) is 6.66. The number of allylic oxidation sites excluding steroid dienone is 1. The lowest BCUT2D eigenvalue weighted by molar-refractivity contribution is 0.173. The van der Waals surface area contributed by atoms with E-state index in [9.17, 15) is 0 Å². The van der Waals surface area contributed by atoms with Crippen molar-refractivity contribution in [3.8, 4) is 0 Å². The zero-order chi connectivity index (χ0) is 18.4. The summed E-state index contributed by atoms with van der Waals surface area (Å²) >= 11 is 0. The molecule has 0 radical (unpaired) electrons. The molecule has 0 amide bonds. The molecule has 0 aromatic rings. The van der Waals surface area contributed by atoms with E-state index in [1.165, 1.54) is 5.57 Å². The minimum atomic E-state index is -0.154. The second-order valence-corrected chi connectivity index (χ2v) is 15.6. The Bertz CT molecular complexity index is 363. The summed E-state index contributed by atoms with van der Waals surface area (Å²) in [5, 5.41) is 0.729. The predicted octanol–water partition coefficient (Wildman–Crippen LogP) is 7.33. The minimum Gasteiger partial charge on any atom is -0.126 e. The molecule has 0 saturated heterocycles. The monoisotopic (exact) mass is 344 g/mol. The van der Waals surface area contributed by atoms with Gasteiger partial charge in [-0.3, -0.25) is 0 Å². The molecule has 0 aliphatic heterocycles. The Balaban J connectivity index is 5.83. The molecule has 1 unspecified atom stereocenters. The van der Waals surface area contributed by atoms with Gasteiger partial charge in [0.25, 0.3) is 0 Å². The van der Waals surface area contributed by atoms with Crippen molar-refractivity contribution >= 4 is 17.2 Å². The van der Waals surface area contributed by atoms with E-state index >= 15 is 0 Å². The maximum Gasteiger partial charge on any atom is 0.0154 e. The van der Waals surface area contributed by atoms with E-state index in [-0.39, 0.29) is 23.9 Å². The predicted molar refractivity (Wildman–Crippen MR) is 112 cm³/mol. The van der Waals surface area contributed by atoms with E-state index in [0.717, 1.165) is 6.16 Å². The fourth-order valence-corrected chi connectivity index (χ4v) is 7.85. The van der Waals surface area contributed by atoms with Gasteiger partial charge in [-0.25, -0.2) is 0 Å². The summed E-state index contributed by atoms with van der Waals surface area (Å²) in [5.74, 6) is 0. The summed E-state index contributed by atoms with van der Waals surface area (Å²) in [6.45, 7) is 33.1. The zero-order valence-electron chi connectivity index (χ0n) is 17.4. The summed E-state index contributed by atoms with van der Waals surface area (Å²) < 4.78 is 0. The second kappa shape index (κ2) is 6.48. The van der Waals surface area contributed by atoms with Gasteiger partial charge in [0, 0.05) is 5.16 Å². The van der Waals surface area contributed by atoms with Crippen LogP contribution < -0.4 is 0 Å². The highest BCUT2D eigenvalue weighted by Crippen LogP contribution is 2.64. The van der Waals surface area contributed by atoms with Crippen LogP contribution in [-0.4, -0.2) is 21.6 Å². The molecular weight excluding hydrogens is 302 g/mol. The summed E-state index contributed by atoms with van der Waals surface area (Å²) in [7, 11) is 3.05. The van der Waals surface area contributed by atoms with Gasteiger partial charge < -0.3 is 0 Å². The van der Waals surface area contributed by atoms with Crippen molar-refractivity contribution in [3.05, 3.63) is 12.2 Å². The van der Waals surface area contributed by atoms with Crippen LogP contribution in [0, 0.1) is 10.8 Å². The molecule has 1 atom stereocenters. The highest BCUT2D eigenvalue weighted by Gasteiger charge is 2.50. The van der Waals surface area contributed by atoms with Gasteiger partial charge in [-0.15, -0.1) is 9.24 Å². The molecule has 0 aliphatic rings. The average molecular weight is 345 g/mol. The SMILES string of the molecule is C=C(CP(C(C)(C)C)C(C)(C)C)C(P)(C(C)(C)C)C(C)(C)C. The summed E-state index contributed by atoms with van der Waals surface area (Å²) in [5.41, 5.74) is 1.75. The quantitative estimate of drug-likeness (QED) is 0.371. The van der Waals surface area contributed by atoms with Crippen LogP contribution >= 0.6 is 17.2 Å². The van der Waals surface area contributed by atoms with Crippen molar-refractivity contribution in [1.82, 2.24) is 0 Å². The van der Waals surface area contributed by atoms with E-state index < -0.39 is 0 Å². The van der Waals surface area contributed by atoms with Crippen molar-refractivity contribution < 1.29 is 0 Å². The molecule has 0 aromatic heterocycles. The number of hydrogen-bond acceptors (Lipinski definition) is 0. The third-order valence-corrected chi connectivity index (χ3v) is 11.0. The van der Waals surface area contributed by atoms with Gasteiger partial charge in [0.1, 0.15) is 0 Å². The third-order valence-electron chi connectivity index (χ3n) is 4.89. The first kappa shape index (κ1) is 22.6. The number of hydrogen-bond donors (Lipinski definition) is 0. The van der Waals surface area contributed by atoms with Gasteiger partial charge in [0.05, 0.1) is 0 Å². The highest BCUT2D eigenvalue weighted by atomic mass is 31.1. The molecule has 0 fully saturated rings. The maximum atomic E-state index is 4.62. The van der Waals surface area contributed by atoms with Crippen molar-refractivity contribution in [2.24, 2.45) is 10.8 Å². The largest absolute Gasteiger partial charge is 0.126 e. The molecule has 22 heavy (non-hydrogen) atoms. The standard InChI is InChI=1S/C20H42P2/c1-15(14-22(18(8,9)10)19(11,12)13)20(21,16(2,3)4)17(5,6)7/h1,14,21H2,2-13H3. The van der Waals surface area contributed by atoms with Crippen LogP contribution in [0.15, 0.2) is 12.2 Å². The van der Waals surface area contributed by atoms with Gasteiger partial charge in [0.15, 0.2) is 0 Å². The lowest BCUT2D eigenvalue weighted by Crippen LogP contribution is -2.50. The Hall–Kier alpha value is 0.600. The fraction of sp³-hybridized carbons (Fsp3) is 0.900. The maximum absolute atomic E-state index is 4.62. The molecular formula is C20H42P2. The van der Waals surface area contributed by atoms with Crippen LogP contribution in [-0.2, 0) is 0 Å². The average Bonchev–Trinajstić information content (AvgIpc) is 2.17. The Labute approximate surface area is 145 Å². The fourth-order valence-electron chi connectivity index (χ4n) is 3.98. The van der Waals surface area contributed by atoms with Gasteiger partial charge >= 0.3 is 0 Å². The lowest BCUT2D eigenvalue weighted by atomic mass is 9.63. The van der Waals surface area contributed by atoms with Crippen molar-refractivity contribution in [2.75, 3.05) is 6.16 Å². The van der Waals surface area contributed by atoms with E-state index in [1.807, 2.05) is 0 Å². The molecule has 0 saturated carbocycles. The Morgan fingerprint density at radius 1 is 0.727 bits per heavy atom. The molecule has 0 aromatic carbocycles. The van der Waals surface area contributed by atoms with Crippen LogP contribution in [0.2, 0.25) is 0 Å². The highest BCUT2D eigenvalue weighted by molar-refractivity contribution is 7.61. The van der Waals surface area contributed by atoms with E-state index in [0.29, 0.717) is 10.3 Å². The Morgan fingerprint density at radius 3 is 1.18 bits per heavy atom. The topological polar surface area (TPSA) is 0 Å². The van der Waals surface area contributed by atoms with Gasteiger partial charge in [-0.2, -0.15) is 0 Å². The molecule has 0 spiro atoms. The van der Waals surface area contributed by atoms with Crippen molar-refractivity contribution in [3.63, 3.8) is 0 Å². The molecule has 0 nitrogen and oxygen atoms in total. The number of rotatable bonds is 3. The molecule has 2 heteroatoms. The summed E-state index contributed by atoms with van der Waals surface area (Å²) in [6, 6.07) is 0. The van der Waals surface area contributed by atoms with Crippen LogP contribution in [0.4, 0.5) is 0 Å². The molecule has 0 rings (SSSR count). The summed E-state index contributed by atoms with van der Waals surface area (Å²) in [6.07, 6.45) is 1.15. The zero-order valence-corrected chi connectivity index (χ0v) is 19.5. The molecule has 0 aliphatic carbocycles. The Morgan fingerprint density at radius 2 is 1.00 bits per heavy atom. The first-order valence-corrected chi connectivity index (χ1v) is 10.6. The van der Waals surface area contributed by atoms with E-state index in [1.54, 1.807) is 0 Å². The molecule has 0 N–H and O–H groups in total. The first-order valence-electron chi connectivity index (χ1n) is 8.51. The second-order valence-electron chi connectivity index (χ2n) is 10.8. The van der Waals surface area contributed by atoms with Crippen LogP contribution in [0.1, 0.15) is 83.1 Å². The van der Waals surface area contributed by atoms with Crippen LogP contribution in [0.3, 0.4) is 0 Å². The van der Waals surface area contributed by atoms with Gasteiger partial charge in [0.2, 0.25) is 0 Å². The molecule has 132 valence electrons. The van der Waals surface area contributed by atoms with Crippen LogP contribution in [0.25, 0.3) is 0 Å². The van der Waals surface area contributed by atoms with E-state index in [4.69, 9.17) is 0 Å². The normalized spacial score (nSPS) is 15.4. The van der Waals surface area contributed by atoms with Gasteiger partial charge in [-0.05, 0) is 27.3 Å². The lowest BCUT2D eigenvalue weighted by Gasteiger charge is -2.54. The summed E-state index contributed by atoms with van der Waals surface area (Å²) in [4.78, 5) is 0. The minimum absolute atomic E-state index is 0.0388. The van der Waals surface area contributed by atoms with Crippen molar-refractivity contribution in [1.29, 1.82) is 0 Å². The molecule has 0 bridgehead atoms. The first-order chi connectivity index (χ1) is 9.26. The smallest absolute Gasteiger partial charge is 0.0154 e. The van der Waals surface area contributed by atoms with E-state index in [2.05, 4.69) is 98.9 Å². The third kappa shape index (κ3) is 4.80. The molecule has 0 heterocycles.